The minimum atomic E-state index is -0.362. The first-order valence-corrected chi connectivity index (χ1v) is 10.6. The van der Waals surface area contributed by atoms with Crippen LogP contribution in [0.15, 0.2) is 18.2 Å². The molecule has 1 heterocycles. The summed E-state index contributed by atoms with van der Waals surface area (Å²) >= 11 is 1.47. The van der Waals surface area contributed by atoms with Crippen LogP contribution in [0.2, 0.25) is 0 Å². The average Bonchev–Trinajstić information content (AvgIpc) is 3.20. The number of rotatable bonds is 7. The Bertz CT molecular complexity index is 885. The second kappa shape index (κ2) is 8.78. The van der Waals surface area contributed by atoms with Crippen LogP contribution in [0, 0.1) is 6.92 Å². The molecule has 2 aromatic rings. The molecule has 5 nitrogen and oxygen atoms in total. The van der Waals surface area contributed by atoms with Gasteiger partial charge in [0.05, 0.1) is 12.2 Å². The van der Waals surface area contributed by atoms with E-state index >= 15 is 0 Å². The molecule has 1 aromatic carbocycles. The molecule has 0 fully saturated rings. The standard InChI is InChI=1S/C22H27NO4S/c1-5-26-22(25)20-16-7-6-8-18(16)28-21(20)23-19(24)12-27-17-11-14(4)9-10-15(17)13(2)3/h9-11,13H,5-8,12H2,1-4H3,(H,23,24). The third-order valence-electron chi connectivity index (χ3n) is 4.80. The van der Waals surface area contributed by atoms with Gasteiger partial charge in [-0.1, -0.05) is 26.0 Å². The Labute approximate surface area is 170 Å². The summed E-state index contributed by atoms with van der Waals surface area (Å²) in [5.41, 5.74) is 3.70. The molecule has 0 saturated heterocycles. The highest BCUT2D eigenvalue weighted by atomic mass is 32.1. The first-order chi connectivity index (χ1) is 13.4. The summed E-state index contributed by atoms with van der Waals surface area (Å²) in [5, 5.41) is 3.44. The van der Waals surface area contributed by atoms with Gasteiger partial charge in [-0.05, 0) is 61.8 Å². The number of fused-ring (bicyclic) bond motifs is 1. The van der Waals surface area contributed by atoms with Gasteiger partial charge in [-0.2, -0.15) is 0 Å². The lowest BCUT2D eigenvalue weighted by molar-refractivity contribution is -0.118. The average molecular weight is 402 g/mol. The zero-order valence-corrected chi connectivity index (χ0v) is 17.7. The number of carbonyl (C=O) groups is 2. The van der Waals surface area contributed by atoms with Crippen LogP contribution in [0.1, 0.15) is 65.0 Å². The number of amides is 1. The number of aryl methyl sites for hydroxylation is 2. The van der Waals surface area contributed by atoms with Gasteiger partial charge >= 0.3 is 5.97 Å². The normalized spacial score (nSPS) is 12.8. The highest BCUT2D eigenvalue weighted by Crippen LogP contribution is 2.39. The monoisotopic (exact) mass is 401 g/mol. The van der Waals surface area contributed by atoms with Crippen molar-refractivity contribution in [3.8, 4) is 5.75 Å². The predicted octanol–water partition coefficient (Wildman–Crippen LogP) is 4.86. The fourth-order valence-electron chi connectivity index (χ4n) is 3.46. The largest absolute Gasteiger partial charge is 0.483 e. The lowest BCUT2D eigenvalue weighted by atomic mass is 10.0. The number of ether oxygens (including phenoxy) is 2. The predicted molar refractivity (Wildman–Crippen MR) is 112 cm³/mol. The molecule has 1 amide bonds. The van der Waals surface area contributed by atoms with Crippen LogP contribution in [-0.4, -0.2) is 25.1 Å². The molecule has 3 rings (SSSR count). The Hall–Kier alpha value is -2.34. The Morgan fingerprint density at radius 3 is 2.75 bits per heavy atom. The van der Waals surface area contributed by atoms with Crippen LogP contribution in [-0.2, 0) is 22.4 Å². The van der Waals surface area contributed by atoms with Gasteiger partial charge < -0.3 is 14.8 Å². The van der Waals surface area contributed by atoms with Gasteiger partial charge in [0, 0.05) is 4.88 Å². The number of hydrogen-bond donors (Lipinski definition) is 1. The molecule has 0 saturated carbocycles. The van der Waals surface area contributed by atoms with Crippen molar-refractivity contribution >= 4 is 28.2 Å². The first kappa shape index (κ1) is 20.4. The van der Waals surface area contributed by atoms with Crippen LogP contribution in [0.5, 0.6) is 5.75 Å². The third-order valence-corrected chi connectivity index (χ3v) is 6.01. The molecular weight excluding hydrogens is 374 g/mol. The molecule has 0 spiro atoms. The smallest absolute Gasteiger partial charge is 0.341 e. The molecule has 1 aromatic heterocycles. The highest BCUT2D eigenvalue weighted by molar-refractivity contribution is 7.17. The number of benzene rings is 1. The van der Waals surface area contributed by atoms with E-state index in [-0.39, 0.29) is 18.5 Å². The van der Waals surface area contributed by atoms with E-state index in [1.807, 2.05) is 25.1 Å². The number of hydrogen-bond acceptors (Lipinski definition) is 5. The van der Waals surface area contributed by atoms with E-state index in [1.54, 1.807) is 6.92 Å². The Balaban J connectivity index is 1.73. The van der Waals surface area contributed by atoms with Crippen LogP contribution < -0.4 is 10.1 Å². The van der Waals surface area contributed by atoms with E-state index in [9.17, 15) is 9.59 Å². The molecule has 1 aliphatic carbocycles. The number of thiophene rings is 1. The summed E-state index contributed by atoms with van der Waals surface area (Å²) in [6.07, 6.45) is 2.84. The van der Waals surface area contributed by atoms with Crippen molar-refractivity contribution in [1.82, 2.24) is 0 Å². The Morgan fingerprint density at radius 2 is 2.04 bits per heavy atom. The molecule has 0 atom stereocenters. The minimum Gasteiger partial charge on any atom is -0.483 e. The number of esters is 1. The van der Waals surface area contributed by atoms with Gasteiger partial charge in [0.2, 0.25) is 0 Å². The van der Waals surface area contributed by atoms with E-state index in [4.69, 9.17) is 9.47 Å². The van der Waals surface area contributed by atoms with Crippen molar-refractivity contribution in [2.45, 2.75) is 52.9 Å². The van der Waals surface area contributed by atoms with Crippen molar-refractivity contribution in [1.29, 1.82) is 0 Å². The van der Waals surface area contributed by atoms with Crippen LogP contribution in [0.25, 0.3) is 0 Å². The maximum absolute atomic E-state index is 12.5. The van der Waals surface area contributed by atoms with Crippen molar-refractivity contribution in [3.05, 3.63) is 45.3 Å². The van der Waals surface area contributed by atoms with E-state index in [0.29, 0.717) is 23.1 Å². The molecule has 0 aliphatic heterocycles. The lowest BCUT2D eigenvalue weighted by Gasteiger charge is -2.15. The second-order valence-corrected chi connectivity index (χ2v) is 8.42. The molecule has 1 N–H and O–H groups in total. The van der Waals surface area contributed by atoms with Gasteiger partial charge in [0.15, 0.2) is 6.61 Å². The molecule has 28 heavy (non-hydrogen) atoms. The lowest BCUT2D eigenvalue weighted by Crippen LogP contribution is -2.21. The number of anilines is 1. The molecular formula is C22H27NO4S. The van der Waals surface area contributed by atoms with Gasteiger partial charge in [0.25, 0.3) is 5.91 Å². The molecule has 0 unspecified atom stereocenters. The van der Waals surface area contributed by atoms with Crippen LogP contribution >= 0.6 is 11.3 Å². The van der Waals surface area contributed by atoms with Gasteiger partial charge in [-0.25, -0.2) is 4.79 Å². The quantitative estimate of drug-likeness (QED) is 0.673. The first-order valence-electron chi connectivity index (χ1n) is 9.75. The summed E-state index contributed by atoms with van der Waals surface area (Å²) in [5.74, 6) is 0.388. The summed E-state index contributed by atoms with van der Waals surface area (Å²) in [4.78, 5) is 26.1. The van der Waals surface area contributed by atoms with Gasteiger partial charge in [0.1, 0.15) is 10.8 Å². The molecule has 0 radical (unpaired) electrons. The second-order valence-electron chi connectivity index (χ2n) is 7.31. The van der Waals surface area contributed by atoms with Crippen molar-refractivity contribution in [2.75, 3.05) is 18.5 Å². The maximum atomic E-state index is 12.5. The summed E-state index contributed by atoms with van der Waals surface area (Å²) in [7, 11) is 0. The SMILES string of the molecule is CCOC(=O)c1c(NC(=O)COc2cc(C)ccc2C(C)C)sc2c1CCC2. The maximum Gasteiger partial charge on any atom is 0.341 e. The summed E-state index contributed by atoms with van der Waals surface area (Å²) in [6.45, 7) is 8.17. The van der Waals surface area contributed by atoms with E-state index in [2.05, 4.69) is 19.2 Å². The topological polar surface area (TPSA) is 64.6 Å². The zero-order valence-electron chi connectivity index (χ0n) is 16.9. The van der Waals surface area contributed by atoms with Crippen molar-refractivity contribution < 1.29 is 19.1 Å². The van der Waals surface area contributed by atoms with Crippen molar-refractivity contribution in [2.24, 2.45) is 0 Å². The van der Waals surface area contributed by atoms with Gasteiger partial charge in [-0.15, -0.1) is 11.3 Å². The Morgan fingerprint density at radius 1 is 1.25 bits per heavy atom. The fraction of sp³-hybridized carbons (Fsp3) is 0.455. The number of nitrogens with one attached hydrogen (secondary N) is 1. The minimum absolute atomic E-state index is 0.103. The molecule has 150 valence electrons. The van der Waals surface area contributed by atoms with Crippen LogP contribution in [0.3, 0.4) is 0 Å². The summed E-state index contributed by atoms with van der Waals surface area (Å²) < 4.78 is 11.0. The van der Waals surface area contributed by atoms with Crippen LogP contribution in [0.4, 0.5) is 5.00 Å². The summed E-state index contributed by atoms with van der Waals surface area (Å²) in [6, 6.07) is 6.03. The zero-order chi connectivity index (χ0) is 20.3. The number of carbonyl (C=O) groups excluding carboxylic acids is 2. The van der Waals surface area contributed by atoms with E-state index in [0.717, 1.165) is 41.7 Å². The molecule has 1 aliphatic rings. The fourth-order valence-corrected chi connectivity index (χ4v) is 4.75. The van der Waals surface area contributed by atoms with E-state index in [1.165, 1.54) is 16.2 Å². The Kier molecular flexibility index (Phi) is 6.39. The third kappa shape index (κ3) is 4.38. The molecule has 0 bridgehead atoms. The van der Waals surface area contributed by atoms with E-state index < -0.39 is 0 Å². The van der Waals surface area contributed by atoms with Crippen molar-refractivity contribution in [3.63, 3.8) is 0 Å². The highest BCUT2D eigenvalue weighted by Gasteiger charge is 2.28. The molecule has 6 heteroatoms. The van der Waals surface area contributed by atoms with Gasteiger partial charge in [-0.3, -0.25) is 4.79 Å².